The van der Waals surface area contributed by atoms with Crippen LogP contribution in [0, 0.1) is 0 Å². The molecule has 5 nitrogen and oxygen atoms in total. The highest BCUT2D eigenvalue weighted by Crippen LogP contribution is 2.25. The molecular formula is C18H14N4O. The predicted molar refractivity (Wildman–Crippen MR) is 89.8 cm³/mol. The normalized spacial score (nSPS) is 10.8. The van der Waals surface area contributed by atoms with Crippen LogP contribution in [-0.2, 0) is 0 Å². The number of carbonyl (C=O) groups excluding carboxylic acids is 1. The zero-order valence-corrected chi connectivity index (χ0v) is 12.2. The Labute approximate surface area is 132 Å². The molecule has 2 aromatic carbocycles. The van der Waals surface area contributed by atoms with Crippen LogP contribution in [0.1, 0.15) is 10.5 Å². The van der Waals surface area contributed by atoms with E-state index in [1.165, 1.54) is 0 Å². The van der Waals surface area contributed by atoms with E-state index in [1.54, 1.807) is 17.3 Å². The largest absolute Gasteiger partial charge is 0.351 e. The van der Waals surface area contributed by atoms with Crippen molar-refractivity contribution in [3.05, 3.63) is 78.8 Å². The van der Waals surface area contributed by atoms with Crippen LogP contribution in [0.2, 0.25) is 0 Å². The number of aromatic amines is 2. The smallest absolute Gasteiger partial charge is 0.281 e. The summed E-state index contributed by atoms with van der Waals surface area (Å²) in [4.78, 5) is 25.0. The van der Waals surface area contributed by atoms with Gasteiger partial charge in [0.05, 0.1) is 5.69 Å². The summed E-state index contributed by atoms with van der Waals surface area (Å²) in [6.07, 6.45) is 3.33. The Bertz CT molecular complexity index is 909. The second-order valence-electron chi connectivity index (χ2n) is 5.16. The molecule has 0 saturated heterocycles. The van der Waals surface area contributed by atoms with Crippen molar-refractivity contribution < 1.29 is 4.79 Å². The Kier molecular flexibility index (Phi) is 3.16. The van der Waals surface area contributed by atoms with Gasteiger partial charge in [-0.25, -0.2) is 9.88 Å². The minimum atomic E-state index is -0.164. The standard InChI is InChI=1S/C18H14N4O/c23-17(16-12-13-6-4-5-9-15(13)21-16)22(18-19-10-11-20-18)14-7-2-1-3-8-14/h1-12,21H,(H,19,20). The van der Waals surface area contributed by atoms with Crippen molar-refractivity contribution in [3.63, 3.8) is 0 Å². The second-order valence-corrected chi connectivity index (χ2v) is 5.16. The summed E-state index contributed by atoms with van der Waals surface area (Å²) in [5.74, 6) is 0.321. The Morgan fingerprint density at radius 3 is 2.52 bits per heavy atom. The van der Waals surface area contributed by atoms with E-state index < -0.39 is 0 Å². The van der Waals surface area contributed by atoms with Crippen LogP contribution in [0.15, 0.2) is 73.1 Å². The van der Waals surface area contributed by atoms with Gasteiger partial charge < -0.3 is 9.97 Å². The van der Waals surface area contributed by atoms with Gasteiger partial charge in [0, 0.05) is 23.3 Å². The molecule has 112 valence electrons. The summed E-state index contributed by atoms with van der Waals surface area (Å²) in [6, 6.07) is 19.1. The molecule has 0 unspecified atom stereocenters. The zero-order chi connectivity index (χ0) is 15.6. The number of hydrogen-bond acceptors (Lipinski definition) is 2. The molecule has 2 aromatic heterocycles. The molecule has 0 bridgehead atoms. The molecule has 0 radical (unpaired) electrons. The van der Waals surface area contributed by atoms with E-state index >= 15 is 0 Å². The summed E-state index contributed by atoms with van der Waals surface area (Å²) in [6.45, 7) is 0. The lowest BCUT2D eigenvalue weighted by Gasteiger charge is -2.19. The molecule has 4 rings (SSSR count). The molecule has 1 amide bonds. The minimum absolute atomic E-state index is 0.164. The number of carbonyl (C=O) groups is 1. The van der Waals surface area contributed by atoms with Gasteiger partial charge in [0.2, 0.25) is 5.95 Å². The average Bonchev–Trinajstić information content (AvgIpc) is 3.25. The van der Waals surface area contributed by atoms with Gasteiger partial charge >= 0.3 is 0 Å². The molecule has 23 heavy (non-hydrogen) atoms. The highest BCUT2D eigenvalue weighted by atomic mass is 16.2. The van der Waals surface area contributed by atoms with Crippen LogP contribution in [-0.4, -0.2) is 20.9 Å². The number of nitrogens with one attached hydrogen (secondary N) is 2. The Balaban J connectivity index is 1.81. The molecule has 0 aliphatic heterocycles. The molecule has 0 saturated carbocycles. The highest BCUT2D eigenvalue weighted by molar-refractivity contribution is 6.10. The topological polar surface area (TPSA) is 64.8 Å². The summed E-state index contributed by atoms with van der Waals surface area (Å²) < 4.78 is 0. The van der Waals surface area contributed by atoms with E-state index in [2.05, 4.69) is 15.0 Å². The molecular weight excluding hydrogens is 288 g/mol. The minimum Gasteiger partial charge on any atom is -0.351 e. The predicted octanol–water partition coefficient (Wildman–Crippen LogP) is 3.87. The van der Waals surface area contributed by atoms with Crippen molar-refractivity contribution in [2.24, 2.45) is 0 Å². The third-order valence-corrected chi connectivity index (χ3v) is 3.67. The van der Waals surface area contributed by atoms with Gasteiger partial charge in [-0.05, 0) is 24.3 Å². The van der Waals surface area contributed by atoms with E-state index in [4.69, 9.17) is 0 Å². The number of aromatic nitrogens is 3. The monoisotopic (exact) mass is 302 g/mol. The molecule has 0 aliphatic carbocycles. The number of para-hydroxylation sites is 2. The molecule has 0 aliphatic rings. The summed E-state index contributed by atoms with van der Waals surface area (Å²) in [5.41, 5.74) is 2.21. The van der Waals surface area contributed by atoms with Gasteiger partial charge in [0.15, 0.2) is 0 Å². The van der Waals surface area contributed by atoms with Crippen molar-refractivity contribution in [2.45, 2.75) is 0 Å². The molecule has 5 heteroatoms. The number of anilines is 2. The van der Waals surface area contributed by atoms with Crippen LogP contribution < -0.4 is 4.90 Å². The number of benzene rings is 2. The van der Waals surface area contributed by atoms with E-state index in [0.29, 0.717) is 11.6 Å². The number of rotatable bonds is 3. The van der Waals surface area contributed by atoms with Crippen molar-refractivity contribution in [1.82, 2.24) is 15.0 Å². The van der Waals surface area contributed by atoms with Crippen molar-refractivity contribution in [2.75, 3.05) is 4.90 Å². The fraction of sp³-hybridized carbons (Fsp3) is 0. The lowest BCUT2D eigenvalue weighted by molar-refractivity contribution is 0.0994. The molecule has 4 aromatic rings. The van der Waals surface area contributed by atoms with E-state index in [-0.39, 0.29) is 5.91 Å². The summed E-state index contributed by atoms with van der Waals surface area (Å²) in [5, 5.41) is 1.00. The maximum atomic E-state index is 13.0. The third kappa shape index (κ3) is 2.38. The maximum absolute atomic E-state index is 13.0. The van der Waals surface area contributed by atoms with Gasteiger partial charge in [-0.3, -0.25) is 4.79 Å². The number of nitrogens with zero attached hydrogens (tertiary/aromatic N) is 2. The first-order chi connectivity index (χ1) is 11.3. The van der Waals surface area contributed by atoms with Crippen molar-refractivity contribution in [3.8, 4) is 0 Å². The maximum Gasteiger partial charge on any atom is 0.281 e. The van der Waals surface area contributed by atoms with Gasteiger partial charge in [0.1, 0.15) is 5.69 Å². The fourth-order valence-electron chi connectivity index (χ4n) is 2.60. The average molecular weight is 302 g/mol. The third-order valence-electron chi connectivity index (χ3n) is 3.67. The Hall–Kier alpha value is -3.34. The van der Waals surface area contributed by atoms with E-state index in [0.717, 1.165) is 16.6 Å². The van der Waals surface area contributed by atoms with Crippen molar-refractivity contribution >= 4 is 28.4 Å². The van der Waals surface area contributed by atoms with Gasteiger partial charge in [-0.1, -0.05) is 36.4 Å². The van der Waals surface area contributed by atoms with E-state index in [9.17, 15) is 4.79 Å². The second kappa shape index (κ2) is 5.46. The first kappa shape index (κ1) is 13.3. The lowest BCUT2D eigenvalue weighted by Crippen LogP contribution is -2.27. The van der Waals surface area contributed by atoms with Crippen LogP contribution in [0.4, 0.5) is 11.6 Å². The Morgan fingerprint density at radius 2 is 1.78 bits per heavy atom. The van der Waals surface area contributed by atoms with Crippen molar-refractivity contribution in [1.29, 1.82) is 0 Å². The SMILES string of the molecule is O=C(c1cc2ccccc2[nH]1)N(c1ccccc1)c1ncc[nH]1. The zero-order valence-electron chi connectivity index (χ0n) is 12.2. The number of H-pyrrole nitrogens is 2. The van der Waals surface area contributed by atoms with Crippen LogP contribution in [0.25, 0.3) is 10.9 Å². The van der Waals surface area contributed by atoms with Gasteiger partial charge in [-0.2, -0.15) is 0 Å². The number of imidazole rings is 1. The first-order valence-corrected chi connectivity index (χ1v) is 7.29. The van der Waals surface area contributed by atoms with Crippen LogP contribution in [0.5, 0.6) is 0 Å². The fourth-order valence-corrected chi connectivity index (χ4v) is 2.60. The van der Waals surface area contributed by atoms with E-state index in [1.807, 2.05) is 60.7 Å². The highest BCUT2D eigenvalue weighted by Gasteiger charge is 2.23. The van der Waals surface area contributed by atoms with Gasteiger partial charge in [-0.15, -0.1) is 0 Å². The summed E-state index contributed by atoms with van der Waals surface area (Å²) >= 11 is 0. The molecule has 2 N–H and O–H groups in total. The number of amides is 1. The summed E-state index contributed by atoms with van der Waals surface area (Å²) in [7, 11) is 0. The van der Waals surface area contributed by atoms with Crippen LogP contribution in [0.3, 0.4) is 0 Å². The molecule has 0 spiro atoms. The molecule has 0 atom stereocenters. The Morgan fingerprint density at radius 1 is 1.00 bits per heavy atom. The quantitative estimate of drug-likeness (QED) is 0.603. The molecule has 2 heterocycles. The molecule has 0 fully saturated rings. The van der Waals surface area contributed by atoms with Crippen LogP contribution >= 0.6 is 0 Å². The first-order valence-electron chi connectivity index (χ1n) is 7.29. The number of fused-ring (bicyclic) bond motifs is 1. The lowest BCUT2D eigenvalue weighted by atomic mass is 10.2. The number of hydrogen-bond donors (Lipinski definition) is 2. The van der Waals surface area contributed by atoms with Gasteiger partial charge in [0.25, 0.3) is 5.91 Å².